The lowest BCUT2D eigenvalue weighted by Crippen LogP contribution is -2.30. The minimum atomic E-state index is 0.0627. The molecule has 1 atom stereocenters. The first-order chi connectivity index (χ1) is 7.79. The summed E-state index contributed by atoms with van der Waals surface area (Å²) in [5.74, 6) is 3.17. The molecule has 7 heteroatoms. The number of carbonyl (C=O) groups is 1. The molecule has 0 aliphatic carbocycles. The Kier molecular flexibility index (Phi) is 4.48. The molecule has 0 saturated carbocycles. The Morgan fingerprint density at radius 3 is 3.00 bits per heavy atom. The summed E-state index contributed by atoms with van der Waals surface area (Å²) in [6.07, 6.45) is 0.863. The van der Waals surface area contributed by atoms with Gasteiger partial charge in [0.2, 0.25) is 11.0 Å². The van der Waals surface area contributed by atoms with Gasteiger partial charge in [0.1, 0.15) is 5.01 Å². The molecule has 16 heavy (non-hydrogen) atoms. The molecular weight excluding hydrogens is 262 g/mol. The SMILES string of the molecule is CCc1nnc(NC(=O)C2CSCCS2)s1. The van der Waals surface area contributed by atoms with Gasteiger partial charge in [-0.05, 0) is 6.42 Å². The molecule has 1 unspecified atom stereocenters. The molecule has 1 aromatic heterocycles. The van der Waals surface area contributed by atoms with Gasteiger partial charge in [0.05, 0.1) is 5.25 Å². The number of aryl methyl sites for hydroxylation is 1. The maximum absolute atomic E-state index is 11.9. The van der Waals surface area contributed by atoms with E-state index in [0.29, 0.717) is 5.13 Å². The molecule has 0 radical (unpaired) electrons. The van der Waals surface area contributed by atoms with Crippen molar-refractivity contribution in [3.05, 3.63) is 5.01 Å². The molecule has 1 N–H and O–H groups in total. The molecule has 1 aliphatic rings. The highest BCUT2D eigenvalue weighted by Crippen LogP contribution is 2.25. The summed E-state index contributed by atoms with van der Waals surface area (Å²) in [6, 6.07) is 0. The van der Waals surface area contributed by atoms with Crippen LogP contribution in [0, 0.1) is 0 Å². The smallest absolute Gasteiger partial charge is 0.240 e. The van der Waals surface area contributed by atoms with Crippen LogP contribution in [0.3, 0.4) is 0 Å². The maximum Gasteiger partial charge on any atom is 0.240 e. The zero-order valence-corrected chi connectivity index (χ0v) is 11.4. The van der Waals surface area contributed by atoms with Crippen LogP contribution in [0.2, 0.25) is 0 Å². The van der Waals surface area contributed by atoms with Crippen molar-refractivity contribution in [3.63, 3.8) is 0 Å². The Labute approximate surface area is 107 Å². The molecule has 1 amide bonds. The quantitative estimate of drug-likeness (QED) is 0.913. The van der Waals surface area contributed by atoms with Gasteiger partial charge in [-0.25, -0.2) is 0 Å². The van der Waals surface area contributed by atoms with Crippen LogP contribution in [-0.4, -0.2) is 38.6 Å². The number of nitrogens with zero attached hydrogens (tertiary/aromatic N) is 2. The lowest BCUT2D eigenvalue weighted by molar-refractivity contribution is -0.115. The van der Waals surface area contributed by atoms with Crippen molar-refractivity contribution in [1.82, 2.24) is 10.2 Å². The first-order valence-electron chi connectivity index (χ1n) is 5.12. The average molecular weight is 275 g/mol. The highest BCUT2D eigenvalue weighted by atomic mass is 32.2. The fourth-order valence-corrected chi connectivity index (χ4v) is 4.51. The summed E-state index contributed by atoms with van der Waals surface area (Å²) in [4.78, 5) is 11.9. The first kappa shape index (κ1) is 12.2. The molecule has 0 aromatic carbocycles. The largest absolute Gasteiger partial charge is 0.300 e. The van der Waals surface area contributed by atoms with E-state index in [1.807, 2.05) is 18.7 Å². The summed E-state index contributed by atoms with van der Waals surface area (Å²) >= 11 is 5.02. The molecule has 1 aliphatic heterocycles. The van der Waals surface area contributed by atoms with Crippen LogP contribution in [-0.2, 0) is 11.2 Å². The Hall–Kier alpha value is -0.270. The first-order valence-corrected chi connectivity index (χ1v) is 8.14. The van der Waals surface area contributed by atoms with Crippen molar-refractivity contribution in [3.8, 4) is 0 Å². The molecule has 88 valence electrons. The number of rotatable bonds is 3. The lowest BCUT2D eigenvalue weighted by Gasteiger charge is -2.19. The van der Waals surface area contributed by atoms with E-state index in [4.69, 9.17) is 0 Å². The zero-order chi connectivity index (χ0) is 11.4. The summed E-state index contributed by atoms with van der Waals surface area (Å²) < 4.78 is 0. The van der Waals surface area contributed by atoms with E-state index in [-0.39, 0.29) is 11.2 Å². The van der Waals surface area contributed by atoms with E-state index in [1.54, 1.807) is 11.8 Å². The van der Waals surface area contributed by atoms with Gasteiger partial charge >= 0.3 is 0 Å². The Balaban J connectivity index is 1.90. The number of hydrogen-bond donors (Lipinski definition) is 1. The zero-order valence-electron chi connectivity index (χ0n) is 8.93. The second-order valence-corrected chi connectivity index (χ2v) is 6.80. The van der Waals surface area contributed by atoms with E-state index < -0.39 is 0 Å². The number of thioether (sulfide) groups is 2. The second kappa shape index (κ2) is 5.88. The van der Waals surface area contributed by atoms with E-state index in [0.717, 1.165) is 28.7 Å². The lowest BCUT2D eigenvalue weighted by atomic mass is 10.4. The topological polar surface area (TPSA) is 54.9 Å². The fraction of sp³-hybridized carbons (Fsp3) is 0.667. The Morgan fingerprint density at radius 2 is 2.38 bits per heavy atom. The van der Waals surface area contributed by atoms with Gasteiger partial charge in [0.15, 0.2) is 0 Å². The van der Waals surface area contributed by atoms with Crippen molar-refractivity contribution in [2.45, 2.75) is 18.6 Å². The van der Waals surface area contributed by atoms with Gasteiger partial charge in [-0.3, -0.25) is 10.1 Å². The third kappa shape index (κ3) is 3.11. The minimum Gasteiger partial charge on any atom is -0.300 e. The molecule has 4 nitrogen and oxygen atoms in total. The van der Waals surface area contributed by atoms with Crippen LogP contribution in [0.4, 0.5) is 5.13 Å². The molecule has 0 bridgehead atoms. The Morgan fingerprint density at radius 1 is 1.50 bits per heavy atom. The number of anilines is 1. The van der Waals surface area contributed by atoms with Crippen molar-refractivity contribution >= 4 is 45.9 Å². The molecule has 2 rings (SSSR count). The van der Waals surface area contributed by atoms with Crippen LogP contribution in [0.1, 0.15) is 11.9 Å². The van der Waals surface area contributed by atoms with Crippen LogP contribution < -0.4 is 5.32 Å². The van der Waals surface area contributed by atoms with Gasteiger partial charge in [-0.15, -0.1) is 22.0 Å². The molecule has 1 saturated heterocycles. The van der Waals surface area contributed by atoms with Crippen molar-refractivity contribution in [1.29, 1.82) is 0 Å². The standard InChI is InChI=1S/C9H13N3OS3/c1-2-7-11-12-9(16-7)10-8(13)6-5-14-3-4-15-6/h6H,2-5H2,1H3,(H,10,12,13). The van der Waals surface area contributed by atoms with Gasteiger partial charge in [-0.1, -0.05) is 18.3 Å². The fourth-order valence-electron chi connectivity index (χ4n) is 1.27. The summed E-state index contributed by atoms with van der Waals surface area (Å²) in [6.45, 7) is 2.03. The predicted octanol–water partition coefficient (Wildman–Crippen LogP) is 1.89. The average Bonchev–Trinajstić information content (AvgIpc) is 2.78. The number of carbonyl (C=O) groups excluding carboxylic acids is 1. The number of nitrogens with one attached hydrogen (secondary N) is 1. The van der Waals surface area contributed by atoms with Gasteiger partial charge in [-0.2, -0.15) is 11.8 Å². The van der Waals surface area contributed by atoms with Crippen molar-refractivity contribution in [2.24, 2.45) is 0 Å². The number of amides is 1. The van der Waals surface area contributed by atoms with Crippen LogP contribution in [0.15, 0.2) is 0 Å². The van der Waals surface area contributed by atoms with E-state index in [9.17, 15) is 4.79 Å². The summed E-state index contributed by atoms with van der Waals surface area (Å²) in [5.41, 5.74) is 0. The third-order valence-electron chi connectivity index (χ3n) is 2.11. The van der Waals surface area contributed by atoms with Gasteiger partial charge in [0.25, 0.3) is 0 Å². The normalized spacial score (nSPS) is 20.7. The van der Waals surface area contributed by atoms with Crippen molar-refractivity contribution in [2.75, 3.05) is 22.6 Å². The highest BCUT2D eigenvalue weighted by molar-refractivity contribution is 8.07. The predicted molar refractivity (Wildman–Crippen MR) is 71.5 cm³/mol. The number of hydrogen-bond acceptors (Lipinski definition) is 6. The monoisotopic (exact) mass is 275 g/mol. The minimum absolute atomic E-state index is 0.0627. The summed E-state index contributed by atoms with van der Waals surface area (Å²) in [7, 11) is 0. The van der Waals surface area contributed by atoms with Crippen LogP contribution in [0.5, 0.6) is 0 Å². The highest BCUT2D eigenvalue weighted by Gasteiger charge is 2.22. The maximum atomic E-state index is 11.9. The molecule has 2 heterocycles. The van der Waals surface area contributed by atoms with E-state index in [2.05, 4.69) is 15.5 Å². The second-order valence-electron chi connectivity index (χ2n) is 3.28. The van der Waals surface area contributed by atoms with Crippen LogP contribution in [0.25, 0.3) is 0 Å². The molecule has 1 fully saturated rings. The van der Waals surface area contributed by atoms with Gasteiger partial charge in [0, 0.05) is 17.3 Å². The molecule has 1 aromatic rings. The van der Waals surface area contributed by atoms with Gasteiger partial charge < -0.3 is 0 Å². The molecule has 0 spiro atoms. The van der Waals surface area contributed by atoms with E-state index in [1.165, 1.54) is 11.3 Å². The Bertz CT molecular complexity index is 363. The van der Waals surface area contributed by atoms with Crippen LogP contribution >= 0.6 is 34.9 Å². The van der Waals surface area contributed by atoms with Crippen molar-refractivity contribution < 1.29 is 4.79 Å². The number of aromatic nitrogens is 2. The van der Waals surface area contributed by atoms with E-state index >= 15 is 0 Å². The summed E-state index contributed by atoms with van der Waals surface area (Å²) in [5, 5.41) is 12.4. The third-order valence-corrected chi connectivity index (χ3v) is 5.84. The molecular formula is C9H13N3OS3.